The number of aromatic nitrogens is 1. The van der Waals surface area contributed by atoms with Crippen molar-refractivity contribution < 1.29 is 0 Å². The molecule has 1 fully saturated rings. The Hall–Kier alpha value is -0.260. The van der Waals surface area contributed by atoms with Crippen LogP contribution in [0.15, 0.2) is 5.38 Å². The van der Waals surface area contributed by atoms with Crippen LogP contribution in [0.25, 0.3) is 0 Å². The molecule has 17 heavy (non-hydrogen) atoms. The number of thioether (sulfide) groups is 1. The van der Waals surface area contributed by atoms with Crippen molar-refractivity contribution in [2.24, 2.45) is 0 Å². The molecule has 0 aromatic carbocycles. The zero-order valence-corrected chi connectivity index (χ0v) is 12.2. The summed E-state index contributed by atoms with van der Waals surface area (Å²) in [6.07, 6.45) is 2.30. The highest BCUT2D eigenvalue weighted by Crippen LogP contribution is 2.30. The monoisotopic (exact) mass is 271 g/mol. The normalized spacial score (nSPS) is 21.3. The third kappa shape index (κ3) is 4.16. The third-order valence-electron chi connectivity index (χ3n) is 3.18. The summed E-state index contributed by atoms with van der Waals surface area (Å²) in [7, 11) is 0. The van der Waals surface area contributed by atoms with E-state index in [0.717, 1.165) is 18.7 Å². The smallest absolute Gasteiger partial charge is 0.180 e. The summed E-state index contributed by atoms with van der Waals surface area (Å²) in [5.74, 6) is 1.24. The van der Waals surface area contributed by atoms with Crippen LogP contribution in [0.4, 0.5) is 5.13 Å². The van der Waals surface area contributed by atoms with E-state index in [1.54, 1.807) is 0 Å². The molecule has 1 saturated heterocycles. The van der Waals surface area contributed by atoms with Crippen LogP contribution in [-0.2, 0) is 6.42 Å². The first kappa shape index (κ1) is 13.2. The van der Waals surface area contributed by atoms with E-state index in [-0.39, 0.29) is 0 Å². The van der Waals surface area contributed by atoms with E-state index >= 15 is 0 Å². The Kier molecular flexibility index (Phi) is 4.33. The Morgan fingerprint density at radius 3 is 3.00 bits per heavy atom. The number of rotatable bonds is 3. The summed E-state index contributed by atoms with van der Waals surface area (Å²) >= 11 is 3.63. The van der Waals surface area contributed by atoms with Gasteiger partial charge in [0.05, 0.1) is 5.69 Å². The number of hydrogen-bond donors (Lipinski definition) is 1. The van der Waals surface area contributed by atoms with Gasteiger partial charge in [0.15, 0.2) is 5.13 Å². The summed E-state index contributed by atoms with van der Waals surface area (Å²) in [4.78, 5) is 6.86. The van der Waals surface area contributed by atoms with E-state index < -0.39 is 0 Å². The fourth-order valence-corrected chi connectivity index (χ4v) is 3.73. The predicted octanol–water partition coefficient (Wildman–Crippen LogP) is 2.49. The van der Waals surface area contributed by atoms with Gasteiger partial charge in [0.25, 0.3) is 0 Å². The molecule has 1 aromatic heterocycles. The van der Waals surface area contributed by atoms with Gasteiger partial charge in [-0.3, -0.25) is 0 Å². The highest BCUT2D eigenvalue weighted by Gasteiger charge is 2.23. The van der Waals surface area contributed by atoms with Crippen molar-refractivity contribution in [1.29, 1.82) is 0 Å². The lowest BCUT2D eigenvalue weighted by molar-refractivity contribution is 0.287. The Balaban J connectivity index is 1.79. The van der Waals surface area contributed by atoms with E-state index in [1.807, 2.05) is 0 Å². The molecule has 0 unspecified atom stereocenters. The lowest BCUT2D eigenvalue weighted by Gasteiger charge is -2.22. The van der Waals surface area contributed by atoms with Gasteiger partial charge in [0, 0.05) is 35.4 Å². The maximum absolute atomic E-state index is 5.64. The molecule has 3 nitrogen and oxygen atoms in total. The fourth-order valence-electron chi connectivity index (χ4n) is 2.00. The van der Waals surface area contributed by atoms with Crippen LogP contribution in [0, 0.1) is 0 Å². The fraction of sp³-hybridized carbons (Fsp3) is 0.750. The summed E-state index contributed by atoms with van der Waals surface area (Å²) in [6, 6.07) is 0. The third-order valence-corrected chi connectivity index (χ3v) is 5.28. The topological polar surface area (TPSA) is 42.1 Å². The number of nitrogen functional groups attached to an aromatic ring is 1. The van der Waals surface area contributed by atoms with Crippen LogP contribution >= 0.6 is 23.1 Å². The molecular weight excluding hydrogens is 250 g/mol. The number of nitrogens with zero attached hydrogens (tertiary/aromatic N) is 2. The Morgan fingerprint density at radius 2 is 2.29 bits per heavy atom. The number of hydrogen-bond acceptors (Lipinski definition) is 5. The second-order valence-corrected chi connectivity index (χ2v) is 7.82. The molecule has 1 aromatic rings. The van der Waals surface area contributed by atoms with Crippen molar-refractivity contribution in [2.75, 3.05) is 31.1 Å². The maximum atomic E-state index is 5.64. The summed E-state index contributed by atoms with van der Waals surface area (Å²) in [5.41, 5.74) is 6.78. The van der Waals surface area contributed by atoms with E-state index in [2.05, 4.69) is 40.9 Å². The molecule has 1 aliphatic rings. The molecule has 0 spiro atoms. The molecule has 0 bridgehead atoms. The van der Waals surface area contributed by atoms with Crippen molar-refractivity contribution in [3.8, 4) is 0 Å². The van der Waals surface area contributed by atoms with Crippen molar-refractivity contribution in [3.63, 3.8) is 0 Å². The average molecular weight is 271 g/mol. The van der Waals surface area contributed by atoms with Gasteiger partial charge < -0.3 is 10.6 Å². The van der Waals surface area contributed by atoms with Crippen molar-refractivity contribution in [1.82, 2.24) is 9.88 Å². The van der Waals surface area contributed by atoms with Crippen LogP contribution in [0.1, 0.15) is 26.0 Å². The molecule has 2 N–H and O–H groups in total. The lowest BCUT2D eigenvalue weighted by Crippen LogP contribution is -2.29. The Morgan fingerprint density at radius 1 is 1.47 bits per heavy atom. The van der Waals surface area contributed by atoms with Gasteiger partial charge in [-0.25, -0.2) is 4.98 Å². The minimum atomic E-state index is 0.444. The van der Waals surface area contributed by atoms with Gasteiger partial charge in [-0.2, -0.15) is 11.8 Å². The van der Waals surface area contributed by atoms with Gasteiger partial charge in [0.1, 0.15) is 0 Å². The average Bonchev–Trinajstić information content (AvgIpc) is 2.59. The molecule has 0 aliphatic carbocycles. The van der Waals surface area contributed by atoms with Crippen molar-refractivity contribution in [2.45, 2.75) is 31.4 Å². The first-order valence-corrected chi connectivity index (χ1v) is 7.98. The van der Waals surface area contributed by atoms with Gasteiger partial charge in [0.2, 0.25) is 0 Å². The standard InChI is InChI=1S/C12H21N3S2/c1-12(2)4-6-15(7-8-17-12)5-3-10-9-16-11(13)14-10/h9H,3-8H2,1-2H3,(H2,13,14). The van der Waals surface area contributed by atoms with Gasteiger partial charge in [-0.1, -0.05) is 13.8 Å². The molecule has 0 saturated carbocycles. The van der Waals surface area contributed by atoms with E-state index in [9.17, 15) is 0 Å². The second-order valence-electron chi connectivity index (χ2n) is 5.13. The highest BCUT2D eigenvalue weighted by atomic mass is 32.2. The van der Waals surface area contributed by atoms with Crippen molar-refractivity contribution in [3.05, 3.63) is 11.1 Å². The van der Waals surface area contributed by atoms with Gasteiger partial charge in [-0.05, 0) is 13.0 Å². The predicted molar refractivity (Wildman–Crippen MR) is 77.8 cm³/mol. The molecule has 96 valence electrons. The number of anilines is 1. The molecule has 1 aliphatic heterocycles. The van der Waals surface area contributed by atoms with E-state index in [1.165, 1.54) is 36.6 Å². The highest BCUT2D eigenvalue weighted by molar-refractivity contribution is 8.00. The first-order valence-electron chi connectivity index (χ1n) is 6.11. The zero-order valence-electron chi connectivity index (χ0n) is 10.6. The molecule has 2 rings (SSSR count). The minimum absolute atomic E-state index is 0.444. The Bertz CT molecular complexity index is 362. The molecule has 0 radical (unpaired) electrons. The summed E-state index contributed by atoms with van der Waals surface area (Å²) < 4.78 is 0.444. The van der Waals surface area contributed by atoms with E-state index in [0.29, 0.717) is 9.88 Å². The maximum Gasteiger partial charge on any atom is 0.180 e. The van der Waals surface area contributed by atoms with E-state index in [4.69, 9.17) is 5.73 Å². The SMILES string of the molecule is CC1(C)CCN(CCc2csc(N)n2)CCS1. The molecular formula is C12H21N3S2. The molecule has 2 heterocycles. The van der Waals surface area contributed by atoms with Gasteiger partial charge >= 0.3 is 0 Å². The largest absolute Gasteiger partial charge is 0.375 e. The molecule has 5 heteroatoms. The minimum Gasteiger partial charge on any atom is -0.375 e. The van der Waals surface area contributed by atoms with Crippen LogP contribution in [0.5, 0.6) is 0 Å². The summed E-state index contributed by atoms with van der Waals surface area (Å²) in [5, 5.41) is 2.76. The zero-order chi connectivity index (χ0) is 12.3. The second kappa shape index (κ2) is 5.59. The van der Waals surface area contributed by atoms with Crippen LogP contribution in [0.2, 0.25) is 0 Å². The number of nitrogens with two attached hydrogens (primary N) is 1. The van der Waals surface area contributed by atoms with Crippen LogP contribution < -0.4 is 5.73 Å². The van der Waals surface area contributed by atoms with Gasteiger partial charge in [-0.15, -0.1) is 11.3 Å². The molecule has 0 amide bonds. The van der Waals surface area contributed by atoms with Crippen molar-refractivity contribution >= 4 is 28.2 Å². The Labute approximate surface area is 112 Å². The number of thiazole rings is 1. The lowest BCUT2D eigenvalue weighted by atomic mass is 10.1. The quantitative estimate of drug-likeness (QED) is 0.917. The van der Waals surface area contributed by atoms with Crippen LogP contribution in [-0.4, -0.2) is 40.0 Å². The molecule has 0 atom stereocenters. The van der Waals surface area contributed by atoms with Crippen LogP contribution in [0.3, 0.4) is 0 Å². The summed E-state index contributed by atoms with van der Waals surface area (Å²) in [6.45, 7) is 8.22. The first-order chi connectivity index (χ1) is 8.05.